The minimum absolute atomic E-state index is 0.0124. The zero-order valence-corrected chi connectivity index (χ0v) is 15.2. The van der Waals surface area contributed by atoms with Crippen LogP contribution < -0.4 is 5.32 Å². The van der Waals surface area contributed by atoms with Crippen LogP contribution in [0.25, 0.3) is 0 Å². The van der Waals surface area contributed by atoms with Gasteiger partial charge < -0.3 is 5.32 Å². The van der Waals surface area contributed by atoms with Gasteiger partial charge in [-0.25, -0.2) is 14.6 Å². The number of nitrogens with zero attached hydrogens (tertiary/aromatic N) is 5. The van der Waals surface area contributed by atoms with Crippen LogP contribution in [-0.2, 0) is 11.3 Å². The molecule has 0 bridgehead atoms. The predicted molar refractivity (Wildman–Crippen MR) is 94.0 cm³/mol. The number of hydrogen-bond donors (Lipinski definition) is 1. The van der Waals surface area contributed by atoms with Crippen LogP contribution in [-0.4, -0.2) is 49.7 Å². The summed E-state index contributed by atoms with van der Waals surface area (Å²) in [7, 11) is 0. The van der Waals surface area contributed by atoms with E-state index < -0.39 is 0 Å². The van der Waals surface area contributed by atoms with Gasteiger partial charge in [0.05, 0.1) is 6.04 Å². The van der Waals surface area contributed by atoms with Gasteiger partial charge in [-0.1, -0.05) is 0 Å². The van der Waals surface area contributed by atoms with E-state index in [-0.39, 0.29) is 11.9 Å². The Hall–Kier alpha value is -1.80. The SMILES string of the molecule is Cc1nc(C)n(C[C@H]2CCCN([C@H](C)C(=O)Nc3nccs3)C2)n1. The fourth-order valence-corrected chi connectivity index (χ4v) is 3.77. The van der Waals surface area contributed by atoms with Gasteiger partial charge in [-0.05, 0) is 46.1 Å². The number of aromatic nitrogens is 4. The molecule has 8 heteroatoms. The monoisotopic (exact) mass is 348 g/mol. The second kappa shape index (κ2) is 7.40. The number of aryl methyl sites for hydroxylation is 2. The number of hydrogen-bond acceptors (Lipinski definition) is 6. The number of thiazole rings is 1. The third-order valence-corrected chi connectivity index (χ3v) is 5.22. The Morgan fingerprint density at radius 3 is 3.00 bits per heavy atom. The number of nitrogens with one attached hydrogen (secondary N) is 1. The molecule has 0 radical (unpaired) electrons. The van der Waals surface area contributed by atoms with E-state index in [2.05, 4.69) is 25.3 Å². The van der Waals surface area contributed by atoms with E-state index in [4.69, 9.17) is 0 Å². The summed E-state index contributed by atoms with van der Waals surface area (Å²) in [5.41, 5.74) is 0. The molecule has 1 aliphatic heterocycles. The number of carbonyl (C=O) groups excluding carboxylic acids is 1. The molecule has 1 amide bonds. The van der Waals surface area contributed by atoms with Gasteiger partial charge in [-0.15, -0.1) is 11.3 Å². The lowest BCUT2D eigenvalue weighted by molar-refractivity contribution is -0.121. The van der Waals surface area contributed by atoms with Gasteiger partial charge in [0.1, 0.15) is 11.6 Å². The lowest BCUT2D eigenvalue weighted by Gasteiger charge is -2.36. The van der Waals surface area contributed by atoms with Crippen LogP contribution in [0.3, 0.4) is 0 Å². The molecular weight excluding hydrogens is 324 g/mol. The van der Waals surface area contributed by atoms with Crippen molar-refractivity contribution in [3.05, 3.63) is 23.2 Å². The average Bonchev–Trinajstić information content (AvgIpc) is 3.17. The van der Waals surface area contributed by atoms with Crippen molar-refractivity contribution in [2.45, 2.75) is 46.2 Å². The fourth-order valence-electron chi connectivity index (χ4n) is 3.24. The first-order valence-corrected chi connectivity index (χ1v) is 9.23. The Morgan fingerprint density at radius 2 is 2.33 bits per heavy atom. The number of carbonyl (C=O) groups is 1. The summed E-state index contributed by atoms with van der Waals surface area (Å²) < 4.78 is 1.99. The van der Waals surface area contributed by atoms with Crippen LogP contribution in [0.15, 0.2) is 11.6 Å². The van der Waals surface area contributed by atoms with Crippen LogP contribution in [0, 0.1) is 19.8 Å². The molecule has 0 unspecified atom stereocenters. The topological polar surface area (TPSA) is 75.9 Å². The number of piperidine rings is 1. The highest BCUT2D eigenvalue weighted by molar-refractivity contribution is 7.13. The molecule has 1 fully saturated rings. The van der Waals surface area contributed by atoms with Crippen LogP contribution in [0.5, 0.6) is 0 Å². The van der Waals surface area contributed by atoms with Crippen molar-refractivity contribution in [2.75, 3.05) is 18.4 Å². The van der Waals surface area contributed by atoms with E-state index in [1.807, 2.05) is 30.8 Å². The van der Waals surface area contributed by atoms with Crippen molar-refractivity contribution in [3.8, 4) is 0 Å². The molecule has 24 heavy (non-hydrogen) atoms. The Kier molecular flexibility index (Phi) is 5.25. The highest BCUT2D eigenvalue weighted by Gasteiger charge is 2.28. The number of anilines is 1. The van der Waals surface area contributed by atoms with Gasteiger partial charge in [0.2, 0.25) is 5.91 Å². The van der Waals surface area contributed by atoms with Crippen molar-refractivity contribution in [2.24, 2.45) is 5.92 Å². The number of amides is 1. The summed E-state index contributed by atoms with van der Waals surface area (Å²) >= 11 is 1.44. The van der Waals surface area contributed by atoms with Crippen molar-refractivity contribution in [1.82, 2.24) is 24.6 Å². The molecule has 0 aromatic carbocycles. The lowest BCUT2D eigenvalue weighted by Crippen LogP contribution is -2.47. The molecule has 0 aliphatic carbocycles. The van der Waals surface area contributed by atoms with Gasteiger partial charge in [0, 0.05) is 24.7 Å². The summed E-state index contributed by atoms with van der Waals surface area (Å²) in [6.45, 7) is 8.61. The maximum absolute atomic E-state index is 12.4. The molecule has 0 saturated carbocycles. The van der Waals surface area contributed by atoms with Crippen molar-refractivity contribution in [1.29, 1.82) is 0 Å². The first kappa shape index (κ1) is 17.0. The largest absolute Gasteiger partial charge is 0.301 e. The Bertz CT molecular complexity index is 683. The zero-order valence-electron chi connectivity index (χ0n) is 14.4. The van der Waals surface area contributed by atoms with Gasteiger partial charge in [0.15, 0.2) is 5.13 Å². The molecule has 2 atom stereocenters. The molecule has 130 valence electrons. The van der Waals surface area contributed by atoms with Crippen molar-refractivity contribution < 1.29 is 4.79 Å². The second-order valence-electron chi connectivity index (χ2n) is 6.39. The maximum atomic E-state index is 12.4. The molecule has 0 spiro atoms. The van der Waals surface area contributed by atoms with Gasteiger partial charge in [0.25, 0.3) is 0 Å². The van der Waals surface area contributed by atoms with E-state index in [9.17, 15) is 4.79 Å². The summed E-state index contributed by atoms with van der Waals surface area (Å²) in [5.74, 6) is 2.28. The average molecular weight is 348 g/mol. The quantitative estimate of drug-likeness (QED) is 0.895. The minimum Gasteiger partial charge on any atom is -0.301 e. The standard InChI is InChI=1S/C16H24N6OS/c1-11(15(23)19-16-17-6-8-24-16)21-7-4-5-14(9-21)10-22-13(3)18-12(2)20-22/h6,8,11,14H,4-5,7,9-10H2,1-3H3,(H,17,19,23)/t11-,14+/m1/s1. The molecule has 2 aromatic rings. The van der Waals surface area contributed by atoms with E-state index >= 15 is 0 Å². The van der Waals surface area contributed by atoms with Crippen molar-refractivity contribution >= 4 is 22.4 Å². The zero-order chi connectivity index (χ0) is 17.1. The summed E-state index contributed by atoms with van der Waals surface area (Å²) in [6, 6.07) is -0.157. The molecule has 1 aliphatic rings. The molecule has 1 N–H and O–H groups in total. The van der Waals surface area contributed by atoms with Gasteiger partial charge in [-0.3, -0.25) is 9.69 Å². The van der Waals surface area contributed by atoms with Gasteiger partial charge >= 0.3 is 0 Å². The van der Waals surface area contributed by atoms with E-state index in [0.29, 0.717) is 11.0 Å². The van der Waals surface area contributed by atoms with Crippen LogP contribution in [0.1, 0.15) is 31.4 Å². The maximum Gasteiger partial charge on any atom is 0.243 e. The minimum atomic E-state index is -0.157. The van der Waals surface area contributed by atoms with Gasteiger partial charge in [-0.2, -0.15) is 5.10 Å². The molecular formula is C16H24N6OS. The number of rotatable bonds is 5. The third-order valence-electron chi connectivity index (χ3n) is 4.53. The Labute approximate surface area is 146 Å². The molecule has 2 aromatic heterocycles. The Balaban J connectivity index is 1.58. The second-order valence-corrected chi connectivity index (χ2v) is 7.29. The third kappa shape index (κ3) is 3.99. The van der Waals surface area contributed by atoms with Crippen LogP contribution in [0.2, 0.25) is 0 Å². The van der Waals surface area contributed by atoms with Crippen LogP contribution in [0.4, 0.5) is 5.13 Å². The Morgan fingerprint density at radius 1 is 1.50 bits per heavy atom. The van der Waals surface area contributed by atoms with Crippen LogP contribution >= 0.6 is 11.3 Å². The van der Waals surface area contributed by atoms with Crippen molar-refractivity contribution in [3.63, 3.8) is 0 Å². The smallest absolute Gasteiger partial charge is 0.243 e. The number of likely N-dealkylation sites (tertiary alicyclic amines) is 1. The molecule has 3 rings (SSSR count). The van der Waals surface area contributed by atoms with E-state index in [1.165, 1.54) is 11.3 Å². The highest BCUT2D eigenvalue weighted by atomic mass is 32.1. The van der Waals surface area contributed by atoms with E-state index in [1.54, 1.807) is 6.20 Å². The molecule has 7 nitrogen and oxygen atoms in total. The summed E-state index contributed by atoms with van der Waals surface area (Å²) in [5, 5.41) is 9.88. The summed E-state index contributed by atoms with van der Waals surface area (Å²) in [6.07, 6.45) is 3.96. The first-order valence-electron chi connectivity index (χ1n) is 8.35. The predicted octanol–water partition coefficient (Wildman–Crippen LogP) is 2.09. The lowest BCUT2D eigenvalue weighted by atomic mass is 9.96. The fraction of sp³-hybridized carbons (Fsp3) is 0.625. The molecule has 3 heterocycles. The first-order chi connectivity index (χ1) is 11.5. The normalized spacial score (nSPS) is 20.0. The van der Waals surface area contributed by atoms with E-state index in [0.717, 1.165) is 44.1 Å². The molecule has 1 saturated heterocycles. The highest BCUT2D eigenvalue weighted by Crippen LogP contribution is 2.21. The summed E-state index contributed by atoms with van der Waals surface area (Å²) in [4.78, 5) is 23.2.